The molecule has 1 aliphatic carbocycles. The summed E-state index contributed by atoms with van der Waals surface area (Å²) in [6.45, 7) is 0. The van der Waals surface area contributed by atoms with Crippen molar-refractivity contribution in [2.45, 2.75) is 47.5 Å². The van der Waals surface area contributed by atoms with Gasteiger partial charge in [0.15, 0.2) is 0 Å². The molecule has 0 radical (unpaired) electrons. The summed E-state index contributed by atoms with van der Waals surface area (Å²) < 4.78 is 196. The summed E-state index contributed by atoms with van der Waals surface area (Å²) >= 11 is 0. The zero-order valence-electron chi connectivity index (χ0n) is 11.4. The number of hydrogen-bond donors (Lipinski definition) is 1. The second-order valence-electron chi connectivity index (χ2n) is 4.97. The molecule has 160 valence electrons. The van der Waals surface area contributed by atoms with Gasteiger partial charge in [0.25, 0.3) is 0 Å². The minimum Gasteiger partial charge on any atom is -0.477 e. The van der Waals surface area contributed by atoms with E-state index in [1.807, 2.05) is 0 Å². The van der Waals surface area contributed by atoms with Crippen LogP contribution in [-0.4, -0.2) is 58.6 Å². The van der Waals surface area contributed by atoms with Crippen LogP contribution in [0.2, 0.25) is 0 Å². The second kappa shape index (κ2) is 5.25. The number of carboxylic acid groups (broad SMARTS) is 1. The first kappa shape index (κ1) is 23.4. The SMILES string of the molecule is O=C(O)C(F)(F)C(F)(OC1(F)C(F)(F)C(F)(F)C(F)(F)C1(F)F)C(F)(F)F. The molecule has 3 nitrogen and oxygen atoms in total. The van der Waals surface area contributed by atoms with Crippen LogP contribution in [0.4, 0.5) is 65.9 Å². The van der Waals surface area contributed by atoms with Gasteiger partial charge in [0.1, 0.15) is 0 Å². The molecule has 0 aromatic carbocycles. The van der Waals surface area contributed by atoms with Crippen molar-refractivity contribution in [3.63, 3.8) is 0 Å². The molecule has 0 spiro atoms. The first-order chi connectivity index (χ1) is 11.4. The summed E-state index contributed by atoms with van der Waals surface area (Å²) in [5.74, 6) is -57.6. The fourth-order valence-electron chi connectivity index (χ4n) is 1.75. The normalized spacial score (nSPS) is 27.8. The second-order valence-corrected chi connectivity index (χ2v) is 4.97. The van der Waals surface area contributed by atoms with E-state index < -0.39 is 53.5 Å². The Morgan fingerprint density at radius 2 is 0.963 bits per heavy atom. The van der Waals surface area contributed by atoms with E-state index in [-0.39, 0.29) is 0 Å². The lowest BCUT2D eigenvalue weighted by Gasteiger charge is -2.39. The van der Waals surface area contributed by atoms with Crippen LogP contribution in [0.25, 0.3) is 0 Å². The third-order valence-corrected chi connectivity index (χ3v) is 3.31. The van der Waals surface area contributed by atoms with Crippen LogP contribution >= 0.6 is 0 Å². The standard InChI is InChI=1S/C9HF15O3/c10-2(11,1(25)26)7(20,9(22,23)24)27-8(21)5(16,17)3(12,13)4(14,15)6(8,18)19/h(H,25,26). The van der Waals surface area contributed by atoms with E-state index in [0.29, 0.717) is 0 Å². The smallest absolute Gasteiger partial charge is 0.455 e. The van der Waals surface area contributed by atoms with Gasteiger partial charge in [-0.1, -0.05) is 0 Å². The quantitative estimate of drug-likeness (QED) is 0.666. The minimum atomic E-state index is -7.77. The molecule has 0 aromatic heterocycles. The van der Waals surface area contributed by atoms with Crippen LogP contribution in [0.5, 0.6) is 0 Å². The van der Waals surface area contributed by atoms with Crippen LogP contribution < -0.4 is 0 Å². The van der Waals surface area contributed by atoms with Gasteiger partial charge in [0, 0.05) is 0 Å². The molecule has 1 atom stereocenters. The van der Waals surface area contributed by atoms with Gasteiger partial charge >= 0.3 is 53.5 Å². The van der Waals surface area contributed by atoms with Crippen molar-refractivity contribution < 1.29 is 80.5 Å². The van der Waals surface area contributed by atoms with Crippen LogP contribution in [0, 0.1) is 0 Å². The van der Waals surface area contributed by atoms with E-state index >= 15 is 0 Å². The molecule has 1 N–H and O–H groups in total. The fourth-order valence-corrected chi connectivity index (χ4v) is 1.75. The molecule has 0 heterocycles. The number of alkyl halides is 15. The Labute approximate surface area is 135 Å². The summed E-state index contributed by atoms with van der Waals surface area (Å²) in [4.78, 5) is 10.0. The van der Waals surface area contributed by atoms with E-state index in [4.69, 9.17) is 5.11 Å². The molecular formula is C9HF15O3. The molecule has 27 heavy (non-hydrogen) atoms. The van der Waals surface area contributed by atoms with E-state index in [2.05, 4.69) is 0 Å². The molecule has 0 bridgehead atoms. The molecule has 1 fully saturated rings. The molecule has 0 aromatic rings. The summed E-state index contributed by atoms with van der Waals surface area (Å²) in [6.07, 6.45) is -7.67. The molecule has 18 heteroatoms. The number of aliphatic carboxylic acids is 1. The summed E-state index contributed by atoms with van der Waals surface area (Å²) in [6, 6.07) is 0. The van der Waals surface area contributed by atoms with E-state index in [1.54, 1.807) is 0 Å². The molecule has 0 aliphatic heterocycles. The predicted octanol–water partition coefficient (Wildman–Crippen LogP) is 4.17. The maximum Gasteiger partial charge on any atom is 0.455 e. The average molecular weight is 442 g/mol. The van der Waals surface area contributed by atoms with Crippen LogP contribution in [0.15, 0.2) is 0 Å². The average Bonchev–Trinajstić information content (AvgIpc) is 2.47. The number of halogens is 15. The van der Waals surface area contributed by atoms with E-state index in [9.17, 15) is 70.7 Å². The Hall–Kier alpha value is -1.62. The van der Waals surface area contributed by atoms with Gasteiger partial charge in [0.2, 0.25) is 0 Å². The van der Waals surface area contributed by atoms with Gasteiger partial charge in [0.05, 0.1) is 0 Å². The van der Waals surface area contributed by atoms with E-state index in [1.165, 1.54) is 4.74 Å². The number of ether oxygens (including phenoxy) is 1. The highest BCUT2D eigenvalue weighted by molar-refractivity contribution is 5.77. The van der Waals surface area contributed by atoms with E-state index in [0.717, 1.165) is 0 Å². The highest BCUT2D eigenvalue weighted by atomic mass is 19.4. The third-order valence-electron chi connectivity index (χ3n) is 3.31. The van der Waals surface area contributed by atoms with Gasteiger partial charge in [-0.25, -0.2) is 4.79 Å². The van der Waals surface area contributed by atoms with Crippen molar-refractivity contribution in [3.05, 3.63) is 0 Å². The monoisotopic (exact) mass is 442 g/mol. The zero-order valence-corrected chi connectivity index (χ0v) is 11.4. The fraction of sp³-hybridized carbons (Fsp3) is 0.889. The van der Waals surface area contributed by atoms with Gasteiger partial charge in [-0.3, -0.25) is 4.74 Å². The summed E-state index contributed by atoms with van der Waals surface area (Å²) in [7, 11) is 0. The maximum atomic E-state index is 13.7. The van der Waals surface area contributed by atoms with Crippen molar-refractivity contribution >= 4 is 5.97 Å². The Morgan fingerprint density at radius 1 is 0.667 bits per heavy atom. The van der Waals surface area contributed by atoms with Crippen molar-refractivity contribution in [2.24, 2.45) is 0 Å². The molecule has 1 aliphatic rings. The summed E-state index contributed by atoms with van der Waals surface area (Å²) in [5.41, 5.74) is 0. The van der Waals surface area contributed by atoms with Gasteiger partial charge in [-0.2, -0.15) is 65.9 Å². The molecule has 1 saturated carbocycles. The highest BCUT2D eigenvalue weighted by Crippen LogP contribution is 2.71. The Balaban J connectivity index is 3.84. The number of carbonyl (C=O) groups is 1. The molecule has 0 saturated heterocycles. The van der Waals surface area contributed by atoms with Crippen molar-refractivity contribution in [1.29, 1.82) is 0 Å². The lowest BCUT2D eigenvalue weighted by atomic mass is 10.1. The molecule has 1 unspecified atom stereocenters. The number of rotatable bonds is 4. The molecular weight excluding hydrogens is 441 g/mol. The van der Waals surface area contributed by atoms with Gasteiger partial charge in [-0.15, -0.1) is 0 Å². The van der Waals surface area contributed by atoms with Crippen molar-refractivity contribution in [1.82, 2.24) is 0 Å². The number of carboxylic acids is 1. The topological polar surface area (TPSA) is 46.5 Å². The van der Waals surface area contributed by atoms with Crippen LogP contribution in [0.1, 0.15) is 0 Å². The number of hydrogen-bond acceptors (Lipinski definition) is 2. The Morgan fingerprint density at radius 3 is 1.19 bits per heavy atom. The van der Waals surface area contributed by atoms with Gasteiger partial charge < -0.3 is 5.11 Å². The lowest BCUT2D eigenvalue weighted by Crippen LogP contribution is -2.69. The highest BCUT2D eigenvalue weighted by Gasteiger charge is 3.03. The van der Waals surface area contributed by atoms with Crippen molar-refractivity contribution in [2.75, 3.05) is 0 Å². The van der Waals surface area contributed by atoms with Gasteiger partial charge in [-0.05, 0) is 0 Å². The van der Waals surface area contributed by atoms with Crippen LogP contribution in [-0.2, 0) is 9.53 Å². The van der Waals surface area contributed by atoms with Crippen LogP contribution in [0.3, 0.4) is 0 Å². The van der Waals surface area contributed by atoms with Crippen molar-refractivity contribution in [3.8, 4) is 0 Å². The lowest BCUT2D eigenvalue weighted by molar-refractivity contribution is -0.477. The molecule has 1 rings (SSSR count). The molecule has 0 amide bonds. The minimum absolute atomic E-state index is 1.53. The Bertz CT molecular complexity index is 611. The Kier molecular flexibility index (Phi) is 4.55. The third kappa shape index (κ3) is 2.27. The summed E-state index contributed by atoms with van der Waals surface area (Å²) in [5, 5.41) is 7.80. The maximum absolute atomic E-state index is 13.7. The zero-order chi connectivity index (χ0) is 22.3. The predicted molar refractivity (Wildman–Crippen MR) is 47.2 cm³/mol. The largest absolute Gasteiger partial charge is 0.477 e. The first-order valence-electron chi connectivity index (χ1n) is 5.67. The first-order valence-corrected chi connectivity index (χ1v) is 5.67.